The summed E-state index contributed by atoms with van der Waals surface area (Å²) in [5.41, 5.74) is 2.55. The molecule has 2 atom stereocenters. The minimum Gasteiger partial charge on any atom is -0.207 e. The van der Waals surface area contributed by atoms with Gasteiger partial charge in [0.2, 0.25) is 10.0 Å². The molecule has 0 radical (unpaired) electrons. The normalized spacial score (nSPS) is 26.0. The molecule has 3 rings (SSSR count). The van der Waals surface area contributed by atoms with Crippen LogP contribution >= 0.6 is 0 Å². The van der Waals surface area contributed by atoms with Crippen molar-refractivity contribution >= 4 is 10.0 Å². The van der Waals surface area contributed by atoms with Gasteiger partial charge in [-0.15, -0.1) is 0 Å². The molecule has 0 amide bonds. The van der Waals surface area contributed by atoms with E-state index < -0.39 is 10.0 Å². The standard InChI is InChI=1S/C17H25NO2S/c1-13-6-3-4-9-17(13)18(2)21(19,20)16-11-10-14-7-5-8-15(14)12-16/h10-13,17H,3-9H2,1-2H3/t13-,17+/m1/s1. The molecular formula is C17H25NO2S. The van der Waals surface area contributed by atoms with Crippen molar-refractivity contribution in [2.24, 2.45) is 5.92 Å². The molecular weight excluding hydrogens is 282 g/mol. The highest BCUT2D eigenvalue weighted by atomic mass is 32.2. The van der Waals surface area contributed by atoms with Crippen molar-refractivity contribution in [1.82, 2.24) is 4.31 Å². The summed E-state index contributed by atoms with van der Waals surface area (Å²) in [7, 11) is -1.60. The first-order valence-corrected chi connectivity index (χ1v) is 9.54. The van der Waals surface area contributed by atoms with Crippen LogP contribution in [0.3, 0.4) is 0 Å². The molecule has 0 spiro atoms. The van der Waals surface area contributed by atoms with Crippen LogP contribution in [-0.4, -0.2) is 25.8 Å². The van der Waals surface area contributed by atoms with Gasteiger partial charge >= 0.3 is 0 Å². The van der Waals surface area contributed by atoms with Crippen LogP contribution in [0, 0.1) is 5.92 Å². The van der Waals surface area contributed by atoms with Crippen molar-refractivity contribution in [3.63, 3.8) is 0 Å². The highest BCUT2D eigenvalue weighted by Gasteiger charge is 2.33. The van der Waals surface area contributed by atoms with Gasteiger partial charge in [-0.1, -0.05) is 25.8 Å². The van der Waals surface area contributed by atoms with Crippen molar-refractivity contribution in [3.05, 3.63) is 29.3 Å². The molecule has 0 aromatic heterocycles. The molecule has 4 heteroatoms. The Hall–Kier alpha value is -0.870. The quantitative estimate of drug-likeness (QED) is 0.858. The number of sulfonamides is 1. The maximum atomic E-state index is 12.9. The van der Waals surface area contributed by atoms with Crippen LogP contribution in [0.2, 0.25) is 0 Å². The Morgan fingerprint density at radius 3 is 2.52 bits per heavy atom. The van der Waals surface area contributed by atoms with Gasteiger partial charge in [-0.05, 0) is 61.3 Å². The Morgan fingerprint density at radius 2 is 1.76 bits per heavy atom. The second-order valence-corrected chi connectivity index (χ2v) is 8.63. The number of fused-ring (bicyclic) bond motifs is 1. The summed E-state index contributed by atoms with van der Waals surface area (Å²) < 4.78 is 27.4. The molecule has 2 aliphatic carbocycles. The molecule has 21 heavy (non-hydrogen) atoms. The van der Waals surface area contributed by atoms with Gasteiger partial charge in [0.1, 0.15) is 0 Å². The van der Waals surface area contributed by atoms with Crippen LogP contribution in [-0.2, 0) is 22.9 Å². The first-order valence-electron chi connectivity index (χ1n) is 8.10. The van der Waals surface area contributed by atoms with Crippen LogP contribution in [0.25, 0.3) is 0 Å². The van der Waals surface area contributed by atoms with Crippen molar-refractivity contribution in [2.45, 2.75) is 62.8 Å². The SMILES string of the molecule is C[C@@H]1CCCC[C@@H]1N(C)S(=O)(=O)c1ccc2c(c1)CCC2. The Bertz CT molecular complexity index is 624. The number of hydrogen-bond acceptors (Lipinski definition) is 2. The van der Waals surface area contributed by atoms with Gasteiger partial charge in [0.05, 0.1) is 4.90 Å². The van der Waals surface area contributed by atoms with E-state index in [0.717, 1.165) is 38.5 Å². The van der Waals surface area contributed by atoms with Crippen LogP contribution in [0.5, 0.6) is 0 Å². The molecule has 1 aromatic carbocycles. The second kappa shape index (κ2) is 5.73. The molecule has 0 saturated heterocycles. The molecule has 2 aliphatic rings. The van der Waals surface area contributed by atoms with Crippen LogP contribution in [0.15, 0.2) is 23.1 Å². The lowest BCUT2D eigenvalue weighted by Crippen LogP contribution is -2.42. The summed E-state index contributed by atoms with van der Waals surface area (Å²) in [5, 5.41) is 0. The smallest absolute Gasteiger partial charge is 0.207 e. The third kappa shape index (κ3) is 2.76. The third-order valence-electron chi connectivity index (χ3n) is 5.28. The van der Waals surface area contributed by atoms with Gasteiger partial charge in [-0.2, -0.15) is 4.31 Å². The fourth-order valence-electron chi connectivity index (χ4n) is 3.89. The molecule has 1 aromatic rings. The Kier molecular flexibility index (Phi) is 4.10. The number of hydrogen-bond donors (Lipinski definition) is 0. The van der Waals surface area contributed by atoms with E-state index in [-0.39, 0.29) is 6.04 Å². The van der Waals surface area contributed by atoms with Crippen molar-refractivity contribution in [1.29, 1.82) is 0 Å². The Labute approximate surface area is 128 Å². The minimum atomic E-state index is -3.36. The molecule has 0 bridgehead atoms. The number of aryl methyl sites for hydroxylation is 2. The maximum Gasteiger partial charge on any atom is 0.243 e. The lowest BCUT2D eigenvalue weighted by atomic mass is 9.86. The van der Waals surface area contributed by atoms with Gasteiger partial charge in [0, 0.05) is 13.1 Å². The monoisotopic (exact) mass is 307 g/mol. The first-order chi connectivity index (χ1) is 10.00. The zero-order valence-electron chi connectivity index (χ0n) is 13.0. The predicted molar refractivity (Wildman–Crippen MR) is 84.8 cm³/mol. The van der Waals surface area contributed by atoms with E-state index in [9.17, 15) is 8.42 Å². The molecule has 1 saturated carbocycles. The highest BCUT2D eigenvalue weighted by Crippen LogP contribution is 2.32. The lowest BCUT2D eigenvalue weighted by Gasteiger charge is -2.35. The van der Waals surface area contributed by atoms with E-state index in [0.29, 0.717) is 10.8 Å². The summed E-state index contributed by atoms with van der Waals surface area (Å²) in [4.78, 5) is 0.475. The van der Waals surface area contributed by atoms with E-state index in [1.54, 1.807) is 17.4 Å². The molecule has 116 valence electrons. The molecule has 0 N–H and O–H groups in total. The average Bonchev–Trinajstić information content (AvgIpc) is 2.94. The summed E-state index contributed by atoms with van der Waals surface area (Å²) in [6.07, 6.45) is 7.74. The van der Waals surface area contributed by atoms with E-state index >= 15 is 0 Å². The zero-order chi connectivity index (χ0) is 15.0. The fourth-order valence-corrected chi connectivity index (χ4v) is 5.42. The topological polar surface area (TPSA) is 37.4 Å². The van der Waals surface area contributed by atoms with Crippen molar-refractivity contribution in [3.8, 4) is 0 Å². The van der Waals surface area contributed by atoms with Crippen molar-refractivity contribution in [2.75, 3.05) is 7.05 Å². The van der Waals surface area contributed by atoms with Gasteiger partial charge in [0.15, 0.2) is 0 Å². The minimum absolute atomic E-state index is 0.150. The summed E-state index contributed by atoms with van der Waals surface area (Å²) in [5.74, 6) is 0.452. The number of rotatable bonds is 3. The number of nitrogens with zero attached hydrogens (tertiary/aromatic N) is 1. The summed E-state index contributed by atoms with van der Waals surface area (Å²) in [6, 6.07) is 5.86. The van der Waals surface area contributed by atoms with Gasteiger partial charge in [-0.25, -0.2) is 8.42 Å². The van der Waals surface area contributed by atoms with E-state index in [2.05, 4.69) is 6.92 Å². The van der Waals surface area contributed by atoms with E-state index in [4.69, 9.17) is 0 Å². The fraction of sp³-hybridized carbons (Fsp3) is 0.647. The largest absolute Gasteiger partial charge is 0.243 e. The van der Waals surface area contributed by atoms with E-state index in [1.165, 1.54) is 17.5 Å². The first kappa shape index (κ1) is 15.0. The molecule has 0 aliphatic heterocycles. The van der Waals surface area contributed by atoms with Gasteiger partial charge < -0.3 is 0 Å². The van der Waals surface area contributed by atoms with Gasteiger partial charge in [-0.3, -0.25) is 0 Å². The Morgan fingerprint density at radius 1 is 1.05 bits per heavy atom. The lowest BCUT2D eigenvalue weighted by molar-refractivity contribution is 0.213. The van der Waals surface area contributed by atoms with Crippen LogP contribution < -0.4 is 0 Å². The summed E-state index contributed by atoms with van der Waals surface area (Å²) >= 11 is 0. The van der Waals surface area contributed by atoms with Gasteiger partial charge in [0.25, 0.3) is 0 Å². The molecule has 1 fully saturated rings. The van der Waals surface area contributed by atoms with E-state index in [1.807, 2.05) is 12.1 Å². The summed E-state index contributed by atoms with van der Waals surface area (Å²) in [6.45, 7) is 2.18. The molecule has 3 nitrogen and oxygen atoms in total. The average molecular weight is 307 g/mol. The molecule has 0 unspecified atom stereocenters. The third-order valence-corrected chi connectivity index (χ3v) is 7.16. The van der Waals surface area contributed by atoms with Crippen LogP contribution in [0.4, 0.5) is 0 Å². The highest BCUT2D eigenvalue weighted by molar-refractivity contribution is 7.89. The van der Waals surface area contributed by atoms with Crippen LogP contribution in [0.1, 0.15) is 50.2 Å². The number of benzene rings is 1. The Balaban J connectivity index is 1.89. The second-order valence-electron chi connectivity index (χ2n) is 6.63. The van der Waals surface area contributed by atoms with Crippen molar-refractivity contribution < 1.29 is 8.42 Å². The maximum absolute atomic E-state index is 12.9. The zero-order valence-corrected chi connectivity index (χ0v) is 13.8. The predicted octanol–water partition coefficient (Wildman–Crippen LogP) is 3.37. The molecule has 0 heterocycles.